The van der Waals surface area contributed by atoms with Crippen LogP contribution in [0.3, 0.4) is 0 Å². The second-order valence-corrected chi connectivity index (χ2v) is 4.78. The van der Waals surface area contributed by atoms with E-state index in [1.807, 2.05) is 6.92 Å². The second kappa shape index (κ2) is 5.01. The van der Waals surface area contributed by atoms with Crippen LogP contribution >= 0.6 is 0 Å². The Morgan fingerprint density at radius 1 is 1.38 bits per heavy atom. The zero-order chi connectivity index (χ0) is 11.5. The van der Waals surface area contributed by atoms with Crippen LogP contribution in [0.1, 0.15) is 19.8 Å². The highest BCUT2D eigenvalue weighted by molar-refractivity contribution is 5.65. The standard InChI is InChI=1S/C11H21N3O2/c1-9-10(8-13-5-2-3-6-13)12-4-7-14(9)11(15)16/h9-10,12H,2-8H2,1H3,(H,15,16). The highest BCUT2D eigenvalue weighted by atomic mass is 16.4. The van der Waals surface area contributed by atoms with Gasteiger partial charge in [-0.15, -0.1) is 0 Å². The van der Waals surface area contributed by atoms with Crippen LogP contribution in [0.5, 0.6) is 0 Å². The van der Waals surface area contributed by atoms with Gasteiger partial charge in [-0.3, -0.25) is 0 Å². The van der Waals surface area contributed by atoms with E-state index in [1.165, 1.54) is 12.8 Å². The molecule has 0 saturated carbocycles. The van der Waals surface area contributed by atoms with E-state index in [9.17, 15) is 4.79 Å². The van der Waals surface area contributed by atoms with E-state index < -0.39 is 6.09 Å². The lowest BCUT2D eigenvalue weighted by molar-refractivity contribution is 0.0905. The van der Waals surface area contributed by atoms with Gasteiger partial charge in [-0.1, -0.05) is 0 Å². The van der Waals surface area contributed by atoms with Crippen LogP contribution < -0.4 is 5.32 Å². The van der Waals surface area contributed by atoms with Crippen molar-refractivity contribution >= 4 is 6.09 Å². The number of piperazine rings is 1. The Hall–Kier alpha value is -0.810. The zero-order valence-electron chi connectivity index (χ0n) is 9.85. The van der Waals surface area contributed by atoms with Gasteiger partial charge >= 0.3 is 6.09 Å². The van der Waals surface area contributed by atoms with Crippen molar-refractivity contribution in [1.29, 1.82) is 0 Å². The summed E-state index contributed by atoms with van der Waals surface area (Å²) in [6.07, 6.45) is 1.77. The fourth-order valence-electron chi connectivity index (χ4n) is 2.69. The maximum Gasteiger partial charge on any atom is 0.407 e. The number of likely N-dealkylation sites (tertiary alicyclic amines) is 1. The number of hydrogen-bond acceptors (Lipinski definition) is 3. The Morgan fingerprint density at radius 3 is 2.69 bits per heavy atom. The average molecular weight is 227 g/mol. The highest BCUT2D eigenvalue weighted by Crippen LogP contribution is 2.14. The van der Waals surface area contributed by atoms with Gasteiger partial charge in [0.1, 0.15) is 0 Å². The smallest absolute Gasteiger partial charge is 0.407 e. The zero-order valence-corrected chi connectivity index (χ0v) is 9.85. The monoisotopic (exact) mass is 227 g/mol. The molecule has 0 spiro atoms. The van der Waals surface area contributed by atoms with Crippen molar-refractivity contribution in [2.24, 2.45) is 0 Å². The first-order chi connectivity index (χ1) is 7.68. The van der Waals surface area contributed by atoms with Crippen LogP contribution in [0.25, 0.3) is 0 Å². The molecule has 2 fully saturated rings. The van der Waals surface area contributed by atoms with Gasteiger partial charge in [0.15, 0.2) is 0 Å². The van der Waals surface area contributed by atoms with Crippen molar-refractivity contribution in [3.63, 3.8) is 0 Å². The fourth-order valence-corrected chi connectivity index (χ4v) is 2.69. The molecule has 92 valence electrons. The third-order valence-corrected chi connectivity index (χ3v) is 3.73. The molecule has 0 aliphatic carbocycles. The summed E-state index contributed by atoms with van der Waals surface area (Å²) >= 11 is 0. The third-order valence-electron chi connectivity index (χ3n) is 3.73. The maximum atomic E-state index is 11.0. The molecule has 2 N–H and O–H groups in total. The molecule has 0 aromatic rings. The van der Waals surface area contributed by atoms with E-state index in [1.54, 1.807) is 4.90 Å². The largest absolute Gasteiger partial charge is 0.465 e. The topological polar surface area (TPSA) is 55.8 Å². The Bertz CT molecular complexity index is 254. The summed E-state index contributed by atoms with van der Waals surface area (Å²) in [5, 5.41) is 12.5. The molecule has 5 heteroatoms. The van der Waals surface area contributed by atoms with Gasteiger partial charge in [0.25, 0.3) is 0 Å². The lowest BCUT2D eigenvalue weighted by Crippen LogP contribution is -2.61. The normalized spacial score (nSPS) is 31.9. The molecule has 2 rings (SSSR count). The van der Waals surface area contributed by atoms with Crippen molar-refractivity contribution in [2.45, 2.75) is 31.8 Å². The molecule has 2 heterocycles. The molecule has 2 aliphatic heterocycles. The molecule has 0 radical (unpaired) electrons. The van der Waals surface area contributed by atoms with Crippen LogP contribution in [-0.2, 0) is 0 Å². The summed E-state index contributed by atoms with van der Waals surface area (Å²) in [7, 11) is 0. The number of rotatable bonds is 2. The number of nitrogens with one attached hydrogen (secondary N) is 1. The van der Waals surface area contributed by atoms with E-state index >= 15 is 0 Å². The van der Waals surface area contributed by atoms with Crippen molar-refractivity contribution in [1.82, 2.24) is 15.1 Å². The van der Waals surface area contributed by atoms with E-state index in [0.717, 1.165) is 26.2 Å². The minimum atomic E-state index is -0.791. The minimum absolute atomic E-state index is 0.0758. The molecular weight excluding hydrogens is 206 g/mol. The fraction of sp³-hybridized carbons (Fsp3) is 0.909. The first-order valence-corrected chi connectivity index (χ1v) is 6.14. The van der Waals surface area contributed by atoms with E-state index in [0.29, 0.717) is 6.54 Å². The molecule has 16 heavy (non-hydrogen) atoms. The number of carboxylic acid groups (broad SMARTS) is 1. The van der Waals surface area contributed by atoms with E-state index in [4.69, 9.17) is 5.11 Å². The lowest BCUT2D eigenvalue weighted by Gasteiger charge is -2.40. The molecule has 0 bridgehead atoms. The molecule has 0 aromatic carbocycles. The second-order valence-electron chi connectivity index (χ2n) is 4.78. The Kier molecular flexibility index (Phi) is 3.66. The van der Waals surface area contributed by atoms with Crippen molar-refractivity contribution in [3.05, 3.63) is 0 Å². The molecular formula is C11H21N3O2. The van der Waals surface area contributed by atoms with Gasteiger partial charge < -0.3 is 20.2 Å². The highest BCUT2D eigenvalue weighted by Gasteiger charge is 2.32. The first kappa shape index (κ1) is 11.7. The van der Waals surface area contributed by atoms with Gasteiger partial charge in [-0.2, -0.15) is 0 Å². The SMILES string of the molecule is CC1C(CN2CCCC2)NCCN1C(=O)O. The van der Waals surface area contributed by atoms with E-state index in [-0.39, 0.29) is 12.1 Å². The summed E-state index contributed by atoms with van der Waals surface area (Å²) in [5.74, 6) is 0. The average Bonchev–Trinajstić information content (AvgIpc) is 2.73. The molecule has 2 saturated heterocycles. The van der Waals surface area contributed by atoms with Gasteiger partial charge in [-0.05, 0) is 32.9 Å². The molecule has 0 aromatic heterocycles. The van der Waals surface area contributed by atoms with Crippen LogP contribution in [0.15, 0.2) is 0 Å². The van der Waals surface area contributed by atoms with Gasteiger partial charge in [-0.25, -0.2) is 4.79 Å². The van der Waals surface area contributed by atoms with Crippen molar-refractivity contribution in [2.75, 3.05) is 32.7 Å². The molecule has 2 atom stereocenters. The van der Waals surface area contributed by atoms with Crippen LogP contribution in [0.2, 0.25) is 0 Å². The molecule has 1 amide bonds. The Balaban J connectivity index is 1.90. The maximum absolute atomic E-state index is 11.0. The number of carbonyl (C=O) groups is 1. The number of amides is 1. The summed E-state index contributed by atoms with van der Waals surface area (Å²) in [4.78, 5) is 15.0. The third kappa shape index (κ3) is 2.47. The van der Waals surface area contributed by atoms with Gasteiger partial charge in [0, 0.05) is 31.7 Å². The summed E-state index contributed by atoms with van der Waals surface area (Å²) < 4.78 is 0. The molecule has 5 nitrogen and oxygen atoms in total. The Labute approximate surface area is 96.4 Å². The Morgan fingerprint density at radius 2 is 2.06 bits per heavy atom. The van der Waals surface area contributed by atoms with Crippen LogP contribution in [0, 0.1) is 0 Å². The molecule has 2 aliphatic rings. The van der Waals surface area contributed by atoms with Crippen LogP contribution in [-0.4, -0.2) is 65.8 Å². The van der Waals surface area contributed by atoms with E-state index in [2.05, 4.69) is 10.2 Å². The summed E-state index contributed by atoms with van der Waals surface area (Å²) in [5.41, 5.74) is 0. The predicted octanol–water partition coefficient (Wildman–Crippen LogP) is 0.423. The first-order valence-electron chi connectivity index (χ1n) is 6.14. The number of nitrogens with zero attached hydrogens (tertiary/aromatic N) is 2. The van der Waals surface area contributed by atoms with Gasteiger partial charge in [0.05, 0.1) is 0 Å². The quantitative estimate of drug-likeness (QED) is 0.718. The summed E-state index contributed by atoms with van der Waals surface area (Å²) in [6, 6.07) is 0.356. The van der Waals surface area contributed by atoms with Crippen molar-refractivity contribution < 1.29 is 9.90 Å². The number of hydrogen-bond donors (Lipinski definition) is 2. The van der Waals surface area contributed by atoms with Crippen LogP contribution in [0.4, 0.5) is 4.79 Å². The molecule has 2 unspecified atom stereocenters. The van der Waals surface area contributed by atoms with Crippen molar-refractivity contribution in [3.8, 4) is 0 Å². The summed E-state index contributed by atoms with van der Waals surface area (Å²) in [6.45, 7) is 6.68. The minimum Gasteiger partial charge on any atom is -0.465 e. The lowest BCUT2D eigenvalue weighted by atomic mass is 10.1. The predicted molar refractivity (Wildman–Crippen MR) is 61.7 cm³/mol. The van der Waals surface area contributed by atoms with Gasteiger partial charge in [0.2, 0.25) is 0 Å².